The number of aliphatic hydroxyl groups is 1. The third kappa shape index (κ3) is 4.51. The number of hydrogen-bond donors (Lipinski definition) is 2. The van der Waals surface area contributed by atoms with Gasteiger partial charge in [0.1, 0.15) is 0 Å². The molecule has 118 valence electrons. The number of rotatable bonds is 5. The fourth-order valence-electron chi connectivity index (χ4n) is 2.91. The van der Waals surface area contributed by atoms with Crippen LogP contribution in [0.2, 0.25) is 0 Å². The number of piperidine rings is 1. The van der Waals surface area contributed by atoms with Gasteiger partial charge in [-0.25, -0.2) is 0 Å². The lowest BCUT2D eigenvalue weighted by Gasteiger charge is -2.33. The summed E-state index contributed by atoms with van der Waals surface area (Å²) in [4.78, 5) is 0. The van der Waals surface area contributed by atoms with E-state index in [0.717, 1.165) is 17.5 Å². The first-order valence-corrected chi connectivity index (χ1v) is 8.78. The van der Waals surface area contributed by atoms with E-state index in [9.17, 15) is 8.42 Å². The van der Waals surface area contributed by atoms with Crippen molar-refractivity contribution >= 4 is 10.2 Å². The Morgan fingerprint density at radius 1 is 1.24 bits per heavy atom. The van der Waals surface area contributed by atoms with Crippen LogP contribution in [-0.4, -0.2) is 30.9 Å². The van der Waals surface area contributed by atoms with E-state index in [1.54, 1.807) is 4.31 Å². The summed E-state index contributed by atoms with van der Waals surface area (Å²) in [6.45, 7) is 5.54. The SMILES string of the molecule is CC1CC(C)CN(S(=O)(=O)NCc2cccc(CO)c2)C1. The van der Waals surface area contributed by atoms with Crippen molar-refractivity contribution in [2.45, 2.75) is 33.4 Å². The minimum atomic E-state index is -3.45. The van der Waals surface area contributed by atoms with E-state index in [1.807, 2.05) is 24.3 Å². The van der Waals surface area contributed by atoms with Gasteiger partial charge in [-0.05, 0) is 29.4 Å². The van der Waals surface area contributed by atoms with Gasteiger partial charge in [0, 0.05) is 19.6 Å². The molecule has 5 nitrogen and oxygen atoms in total. The molecule has 1 aliphatic rings. The number of hydrogen-bond acceptors (Lipinski definition) is 3. The molecule has 1 aromatic carbocycles. The molecule has 1 aromatic rings. The lowest BCUT2D eigenvalue weighted by atomic mass is 9.94. The van der Waals surface area contributed by atoms with E-state index in [1.165, 1.54) is 0 Å². The van der Waals surface area contributed by atoms with Crippen LogP contribution >= 0.6 is 0 Å². The van der Waals surface area contributed by atoms with E-state index in [-0.39, 0.29) is 13.2 Å². The molecule has 1 aliphatic heterocycles. The summed E-state index contributed by atoms with van der Waals surface area (Å²) in [5, 5.41) is 9.11. The molecule has 2 N–H and O–H groups in total. The maximum Gasteiger partial charge on any atom is 0.279 e. The predicted octanol–water partition coefficient (Wildman–Crippen LogP) is 1.49. The topological polar surface area (TPSA) is 69.6 Å². The van der Waals surface area contributed by atoms with Gasteiger partial charge in [0.25, 0.3) is 10.2 Å². The van der Waals surface area contributed by atoms with Crippen molar-refractivity contribution in [2.75, 3.05) is 13.1 Å². The number of aliphatic hydroxyl groups excluding tert-OH is 1. The molecular weight excluding hydrogens is 288 g/mol. The van der Waals surface area contributed by atoms with Crippen LogP contribution in [0, 0.1) is 11.8 Å². The van der Waals surface area contributed by atoms with Gasteiger partial charge in [-0.2, -0.15) is 17.4 Å². The Morgan fingerprint density at radius 3 is 2.48 bits per heavy atom. The van der Waals surface area contributed by atoms with Crippen molar-refractivity contribution in [2.24, 2.45) is 11.8 Å². The normalized spacial score (nSPS) is 24.1. The third-order valence-electron chi connectivity index (χ3n) is 3.81. The smallest absolute Gasteiger partial charge is 0.279 e. The standard InChI is InChI=1S/C15H24N2O3S/c1-12-6-13(2)10-17(9-12)21(19,20)16-8-14-4-3-5-15(7-14)11-18/h3-5,7,12-13,16,18H,6,8-11H2,1-2H3. The fraction of sp³-hybridized carbons (Fsp3) is 0.600. The first-order chi connectivity index (χ1) is 9.90. The summed E-state index contributed by atoms with van der Waals surface area (Å²) in [6.07, 6.45) is 1.07. The van der Waals surface area contributed by atoms with Gasteiger partial charge in [-0.15, -0.1) is 0 Å². The van der Waals surface area contributed by atoms with Crippen molar-refractivity contribution in [1.82, 2.24) is 9.03 Å². The molecule has 0 aromatic heterocycles. The molecule has 0 spiro atoms. The summed E-state index contributed by atoms with van der Waals surface area (Å²) in [6, 6.07) is 7.29. The highest BCUT2D eigenvalue weighted by atomic mass is 32.2. The molecule has 1 saturated heterocycles. The Kier molecular flexibility index (Phi) is 5.37. The summed E-state index contributed by atoms with van der Waals surface area (Å²) in [5.74, 6) is 0.783. The maximum atomic E-state index is 12.4. The number of nitrogens with zero attached hydrogens (tertiary/aromatic N) is 1. The van der Waals surface area contributed by atoms with Crippen LogP contribution < -0.4 is 4.72 Å². The van der Waals surface area contributed by atoms with Crippen molar-refractivity contribution in [1.29, 1.82) is 0 Å². The van der Waals surface area contributed by atoms with Crippen LogP contribution in [0.3, 0.4) is 0 Å². The largest absolute Gasteiger partial charge is 0.392 e. The minimum Gasteiger partial charge on any atom is -0.392 e. The molecule has 1 fully saturated rings. The zero-order chi connectivity index (χ0) is 15.5. The van der Waals surface area contributed by atoms with Gasteiger partial charge >= 0.3 is 0 Å². The molecule has 6 heteroatoms. The molecule has 1 heterocycles. The van der Waals surface area contributed by atoms with E-state index in [0.29, 0.717) is 24.9 Å². The molecule has 2 rings (SSSR count). The van der Waals surface area contributed by atoms with Crippen molar-refractivity contribution in [3.05, 3.63) is 35.4 Å². The van der Waals surface area contributed by atoms with Gasteiger partial charge in [0.05, 0.1) is 6.61 Å². The van der Waals surface area contributed by atoms with Gasteiger partial charge in [0.2, 0.25) is 0 Å². The van der Waals surface area contributed by atoms with E-state index >= 15 is 0 Å². The molecule has 2 unspecified atom stereocenters. The van der Waals surface area contributed by atoms with Gasteiger partial charge in [-0.1, -0.05) is 38.1 Å². The molecule has 0 radical (unpaired) electrons. The van der Waals surface area contributed by atoms with Crippen molar-refractivity contribution in [3.8, 4) is 0 Å². The summed E-state index contributed by atoms with van der Waals surface area (Å²) < 4.78 is 28.9. The number of nitrogens with one attached hydrogen (secondary N) is 1. The fourth-order valence-corrected chi connectivity index (χ4v) is 4.34. The second-order valence-electron chi connectivity index (χ2n) is 6.07. The van der Waals surface area contributed by atoms with Gasteiger partial charge in [0.15, 0.2) is 0 Å². The molecule has 0 aliphatic carbocycles. The van der Waals surface area contributed by atoms with E-state index in [2.05, 4.69) is 18.6 Å². The quantitative estimate of drug-likeness (QED) is 0.865. The Balaban J connectivity index is 2.00. The molecule has 0 saturated carbocycles. The molecule has 0 amide bonds. The van der Waals surface area contributed by atoms with Crippen LogP contribution in [0.1, 0.15) is 31.4 Å². The number of benzene rings is 1. The Morgan fingerprint density at radius 2 is 1.86 bits per heavy atom. The Hall–Kier alpha value is -0.950. The van der Waals surface area contributed by atoms with Crippen LogP contribution in [0.25, 0.3) is 0 Å². The van der Waals surface area contributed by atoms with Crippen LogP contribution in [0.15, 0.2) is 24.3 Å². The summed E-state index contributed by atoms with van der Waals surface area (Å²) in [7, 11) is -3.45. The van der Waals surface area contributed by atoms with Crippen LogP contribution in [0.5, 0.6) is 0 Å². The monoisotopic (exact) mass is 312 g/mol. The second kappa shape index (κ2) is 6.87. The average Bonchev–Trinajstić information content (AvgIpc) is 2.44. The first kappa shape index (κ1) is 16.4. The zero-order valence-electron chi connectivity index (χ0n) is 12.6. The van der Waals surface area contributed by atoms with Crippen molar-refractivity contribution in [3.63, 3.8) is 0 Å². The van der Waals surface area contributed by atoms with E-state index < -0.39 is 10.2 Å². The highest BCUT2D eigenvalue weighted by molar-refractivity contribution is 7.87. The molecule has 21 heavy (non-hydrogen) atoms. The second-order valence-corrected chi connectivity index (χ2v) is 7.82. The third-order valence-corrected chi connectivity index (χ3v) is 5.30. The lowest BCUT2D eigenvalue weighted by Crippen LogP contribution is -2.47. The highest BCUT2D eigenvalue weighted by Gasteiger charge is 2.30. The van der Waals surface area contributed by atoms with Crippen molar-refractivity contribution < 1.29 is 13.5 Å². The summed E-state index contributed by atoms with van der Waals surface area (Å²) >= 11 is 0. The van der Waals surface area contributed by atoms with Crippen LogP contribution in [0.4, 0.5) is 0 Å². The first-order valence-electron chi connectivity index (χ1n) is 7.34. The lowest BCUT2D eigenvalue weighted by molar-refractivity contribution is 0.220. The molecule has 0 bridgehead atoms. The maximum absolute atomic E-state index is 12.4. The molecular formula is C15H24N2O3S. The Labute approximate surface area is 127 Å². The molecule has 2 atom stereocenters. The van der Waals surface area contributed by atoms with Gasteiger partial charge < -0.3 is 5.11 Å². The average molecular weight is 312 g/mol. The minimum absolute atomic E-state index is 0.0399. The zero-order valence-corrected chi connectivity index (χ0v) is 13.4. The summed E-state index contributed by atoms with van der Waals surface area (Å²) in [5.41, 5.74) is 1.63. The van der Waals surface area contributed by atoms with E-state index in [4.69, 9.17) is 5.11 Å². The van der Waals surface area contributed by atoms with Gasteiger partial charge in [-0.3, -0.25) is 0 Å². The Bertz CT molecular complexity index is 564. The highest BCUT2D eigenvalue weighted by Crippen LogP contribution is 2.22. The predicted molar refractivity (Wildman–Crippen MR) is 82.6 cm³/mol. The van der Waals surface area contributed by atoms with Crippen LogP contribution in [-0.2, 0) is 23.4 Å².